The maximum Gasteiger partial charge on any atom is 0.254 e. The number of piperazine rings is 1. The standard InChI is InChI=1S/C17H20N4O/c1-13-4-2-3-5-15(13)17(22)21-10-8-20(9-11-21)14-6-7-16(18)19-12-14/h2-7,12H,8-11H2,1H3,(H2,18,19). The molecule has 1 amide bonds. The fourth-order valence-electron chi connectivity index (χ4n) is 2.74. The Morgan fingerprint density at radius 3 is 2.45 bits per heavy atom. The number of hydrogen-bond donors (Lipinski definition) is 1. The lowest BCUT2D eigenvalue weighted by atomic mass is 10.1. The summed E-state index contributed by atoms with van der Waals surface area (Å²) in [5.41, 5.74) is 8.49. The highest BCUT2D eigenvalue weighted by molar-refractivity contribution is 5.95. The summed E-state index contributed by atoms with van der Waals surface area (Å²) >= 11 is 0. The van der Waals surface area contributed by atoms with Gasteiger partial charge in [-0.1, -0.05) is 18.2 Å². The Labute approximate surface area is 130 Å². The molecular formula is C17H20N4O. The first-order valence-corrected chi connectivity index (χ1v) is 7.46. The average Bonchev–Trinajstić information content (AvgIpc) is 2.56. The zero-order valence-electron chi connectivity index (χ0n) is 12.7. The van der Waals surface area contributed by atoms with Crippen molar-refractivity contribution in [2.75, 3.05) is 36.8 Å². The van der Waals surface area contributed by atoms with E-state index in [2.05, 4.69) is 9.88 Å². The smallest absolute Gasteiger partial charge is 0.254 e. The van der Waals surface area contributed by atoms with Crippen LogP contribution in [-0.2, 0) is 0 Å². The van der Waals surface area contributed by atoms with Crippen LogP contribution in [0.1, 0.15) is 15.9 Å². The molecule has 1 saturated heterocycles. The number of nitrogens with zero attached hydrogens (tertiary/aromatic N) is 3. The zero-order valence-corrected chi connectivity index (χ0v) is 12.7. The van der Waals surface area contributed by atoms with Crippen molar-refractivity contribution in [3.05, 3.63) is 53.7 Å². The van der Waals surface area contributed by atoms with E-state index in [4.69, 9.17) is 5.73 Å². The molecule has 1 aliphatic rings. The molecule has 0 aliphatic carbocycles. The Hall–Kier alpha value is -2.56. The van der Waals surface area contributed by atoms with Gasteiger partial charge in [-0.25, -0.2) is 4.98 Å². The Kier molecular flexibility index (Phi) is 3.96. The summed E-state index contributed by atoms with van der Waals surface area (Å²) in [7, 11) is 0. The highest BCUT2D eigenvalue weighted by atomic mass is 16.2. The molecule has 2 heterocycles. The molecule has 0 spiro atoms. The number of nitrogen functional groups attached to an aromatic ring is 1. The number of aromatic nitrogens is 1. The number of rotatable bonds is 2. The van der Waals surface area contributed by atoms with Crippen LogP contribution in [0.25, 0.3) is 0 Å². The summed E-state index contributed by atoms with van der Waals surface area (Å²) < 4.78 is 0. The lowest BCUT2D eigenvalue weighted by molar-refractivity contribution is 0.0746. The van der Waals surface area contributed by atoms with Crippen molar-refractivity contribution in [1.29, 1.82) is 0 Å². The van der Waals surface area contributed by atoms with Gasteiger partial charge in [-0.3, -0.25) is 4.79 Å². The molecule has 2 N–H and O–H groups in total. The monoisotopic (exact) mass is 296 g/mol. The predicted molar refractivity (Wildman–Crippen MR) is 87.9 cm³/mol. The van der Waals surface area contributed by atoms with Gasteiger partial charge in [0.25, 0.3) is 5.91 Å². The van der Waals surface area contributed by atoms with Crippen LogP contribution in [0.3, 0.4) is 0 Å². The minimum absolute atomic E-state index is 0.119. The van der Waals surface area contributed by atoms with E-state index in [-0.39, 0.29) is 5.91 Å². The van der Waals surface area contributed by atoms with Crippen LogP contribution in [-0.4, -0.2) is 42.0 Å². The molecular weight excluding hydrogens is 276 g/mol. The molecule has 1 fully saturated rings. The predicted octanol–water partition coefficient (Wildman–Crippen LogP) is 1.93. The second kappa shape index (κ2) is 6.05. The van der Waals surface area contributed by atoms with E-state index in [1.54, 1.807) is 12.3 Å². The summed E-state index contributed by atoms with van der Waals surface area (Å²) in [4.78, 5) is 20.9. The van der Waals surface area contributed by atoms with Crippen LogP contribution < -0.4 is 10.6 Å². The molecule has 1 aromatic carbocycles. The van der Waals surface area contributed by atoms with E-state index in [0.29, 0.717) is 5.82 Å². The summed E-state index contributed by atoms with van der Waals surface area (Å²) in [5, 5.41) is 0. The molecule has 0 atom stereocenters. The van der Waals surface area contributed by atoms with Crippen molar-refractivity contribution in [3.63, 3.8) is 0 Å². The van der Waals surface area contributed by atoms with Crippen molar-refractivity contribution in [2.45, 2.75) is 6.92 Å². The molecule has 114 valence electrons. The minimum Gasteiger partial charge on any atom is -0.384 e. The van der Waals surface area contributed by atoms with Gasteiger partial charge < -0.3 is 15.5 Å². The summed E-state index contributed by atoms with van der Waals surface area (Å²) in [6.45, 7) is 5.03. The number of hydrogen-bond acceptors (Lipinski definition) is 4. The lowest BCUT2D eigenvalue weighted by Gasteiger charge is -2.36. The molecule has 5 nitrogen and oxygen atoms in total. The number of amides is 1. The van der Waals surface area contributed by atoms with Gasteiger partial charge in [0.2, 0.25) is 0 Å². The lowest BCUT2D eigenvalue weighted by Crippen LogP contribution is -2.49. The van der Waals surface area contributed by atoms with E-state index in [1.165, 1.54) is 0 Å². The van der Waals surface area contributed by atoms with Crippen molar-refractivity contribution < 1.29 is 4.79 Å². The van der Waals surface area contributed by atoms with Crippen molar-refractivity contribution in [1.82, 2.24) is 9.88 Å². The summed E-state index contributed by atoms with van der Waals surface area (Å²) in [6.07, 6.45) is 1.79. The Morgan fingerprint density at radius 2 is 1.82 bits per heavy atom. The third-order valence-electron chi connectivity index (χ3n) is 4.08. The fourth-order valence-corrected chi connectivity index (χ4v) is 2.74. The first-order valence-electron chi connectivity index (χ1n) is 7.46. The largest absolute Gasteiger partial charge is 0.384 e. The highest BCUT2D eigenvalue weighted by Crippen LogP contribution is 2.18. The fraction of sp³-hybridized carbons (Fsp3) is 0.294. The molecule has 1 aliphatic heterocycles. The van der Waals surface area contributed by atoms with Crippen LogP contribution in [0.5, 0.6) is 0 Å². The second-order valence-electron chi connectivity index (χ2n) is 5.54. The SMILES string of the molecule is Cc1ccccc1C(=O)N1CCN(c2ccc(N)nc2)CC1. The maximum absolute atomic E-state index is 12.6. The maximum atomic E-state index is 12.6. The zero-order chi connectivity index (χ0) is 15.5. The topological polar surface area (TPSA) is 62.5 Å². The quantitative estimate of drug-likeness (QED) is 0.920. The Balaban J connectivity index is 1.65. The van der Waals surface area contributed by atoms with Gasteiger partial charge in [0.05, 0.1) is 11.9 Å². The molecule has 2 aromatic rings. The van der Waals surface area contributed by atoms with Crippen LogP contribution in [0, 0.1) is 6.92 Å². The molecule has 0 saturated carbocycles. The molecule has 0 unspecified atom stereocenters. The number of nitrogens with two attached hydrogens (primary N) is 1. The number of pyridine rings is 1. The van der Waals surface area contributed by atoms with Crippen LogP contribution in [0.15, 0.2) is 42.6 Å². The van der Waals surface area contributed by atoms with Crippen molar-refractivity contribution in [2.24, 2.45) is 0 Å². The van der Waals surface area contributed by atoms with Crippen LogP contribution >= 0.6 is 0 Å². The van der Waals surface area contributed by atoms with E-state index >= 15 is 0 Å². The Bertz CT molecular complexity index is 661. The third kappa shape index (κ3) is 2.88. The average molecular weight is 296 g/mol. The van der Waals surface area contributed by atoms with Crippen LogP contribution in [0.4, 0.5) is 11.5 Å². The molecule has 3 rings (SSSR count). The van der Waals surface area contributed by atoms with Gasteiger partial charge in [-0.15, -0.1) is 0 Å². The number of aryl methyl sites for hydroxylation is 1. The first-order chi connectivity index (χ1) is 10.6. The summed E-state index contributed by atoms with van der Waals surface area (Å²) in [6, 6.07) is 11.5. The van der Waals surface area contributed by atoms with Gasteiger partial charge in [0.15, 0.2) is 0 Å². The number of benzene rings is 1. The van der Waals surface area contributed by atoms with Gasteiger partial charge >= 0.3 is 0 Å². The molecule has 5 heteroatoms. The van der Waals surface area contributed by atoms with E-state index in [1.807, 2.05) is 42.2 Å². The van der Waals surface area contributed by atoms with E-state index in [9.17, 15) is 4.79 Å². The van der Waals surface area contributed by atoms with Gasteiger partial charge in [-0.05, 0) is 30.7 Å². The van der Waals surface area contributed by atoms with E-state index in [0.717, 1.165) is 43.0 Å². The highest BCUT2D eigenvalue weighted by Gasteiger charge is 2.23. The van der Waals surface area contributed by atoms with Gasteiger partial charge in [0, 0.05) is 31.7 Å². The van der Waals surface area contributed by atoms with Crippen molar-refractivity contribution >= 4 is 17.4 Å². The molecule has 0 bridgehead atoms. The number of anilines is 2. The number of carbonyl (C=O) groups is 1. The number of carbonyl (C=O) groups excluding carboxylic acids is 1. The molecule has 1 aromatic heterocycles. The normalized spacial score (nSPS) is 15.0. The first kappa shape index (κ1) is 14.4. The third-order valence-corrected chi connectivity index (χ3v) is 4.08. The summed E-state index contributed by atoms with van der Waals surface area (Å²) in [5.74, 6) is 0.644. The minimum atomic E-state index is 0.119. The van der Waals surface area contributed by atoms with Crippen molar-refractivity contribution in [3.8, 4) is 0 Å². The molecule has 0 radical (unpaired) electrons. The molecule has 22 heavy (non-hydrogen) atoms. The second-order valence-corrected chi connectivity index (χ2v) is 5.54. The van der Waals surface area contributed by atoms with Gasteiger partial charge in [-0.2, -0.15) is 0 Å². The van der Waals surface area contributed by atoms with Gasteiger partial charge in [0.1, 0.15) is 5.82 Å². The Morgan fingerprint density at radius 1 is 1.09 bits per heavy atom. The van der Waals surface area contributed by atoms with E-state index < -0.39 is 0 Å². The van der Waals surface area contributed by atoms with Crippen LogP contribution in [0.2, 0.25) is 0 Å².